The van der Waals surface area contributed by atoms with Gasteiger partial charge in [-0.3, -0.25) is 13.2 Å². The van der Waals surface area contributed by atoms with Crippen LogP contribution in [0.4, 0.5) is 0 Å². The largest absolute Gasteiger partial charge is 0.399 e. The maximum atomic E-state index is 11.8. The van der Waals surface area contributed by atoms with Crippen LogP contribution in [-0.2, 0) is 23.6 Å². The molecule has 204 valence electrons. The second-order valence-corrected chi connectivity index (χ2v) is 12.2. The first kappa shape index (κ1) is 33.3. The normalized spacial score (nSPS) is 14.6. The highest BCUT2D eigenvalue weighted by molar-refractivity contribution is 7.81. The molecule has 1 saturated carbocycles. The van der Waals surface area contributed by atoms with Gasteiger partial charge >= 0.3 is 10.4 Å². The lowest BCUT2D eigenvalue weighted by Crippen LogP contribution is -2.37. The van der Waals surface area contributed by atoms with E-state index in [-0.39, 0.29) is 5.91 Å². The summed E-state index contributed by atoms with van der Waals surface area (Å²) in [5.74, 6) is 1.32. The fraction of sp³-hybridized carbons (Fsp3) is 0.962. The SMILES string of the molecule is COS(=O)(=O)OC.C[N+](C)(C)CCCNC(=O)CCCCCCCCCCCCC1CCCC1. The fourth-order valence-electron chi connectivity index (χ4n) is 4.37. The van der Waals surface area contributed by atoms with Gasteiger partial charge in [0.15, 0.2) is 0 Å². The Kier molecular flexibility index (Phi) is 20.1. The Hall–Kier alpha value is -0.700. The van der Waals surface area contributed by atoms with E-state index in [4.69, 9.17) is 0 Å². The van der Waals surface area contributed by atoms with Gasteiger partial charge in [0, 0.05) is 19.4 Å². The summed E-state index contributed by atoms with van der Waals surface area (Å²) < 4.78 is 28.5. The molecule has 0 aromatic rings. The Morgan fingerprint density at radius 1 is 0.794 bits per heavy atom. The molecule has 1 aliphatic rings. The summed E-state index contributed by atoms with van der Waals surface area (Å²) >= 11 is 0. The van der Waals surface area contributed by atoms with Gasteiger partial charge in [-0.2, -0.15) is 8.42 Å². The molecule has 0 spiro atoms. The van der Waals surface area contributed by atoms with Crippen LogP contribution >= 0.6 is 0 Å². The lowest BCUT2D eigenvalue weighted by atomic mass is 9.99. The number of nitrogens with zero attached hydrogens (tertiary/aromatic N) is 1. The van der Waals surface area contributed by atoms with Gasteiger partial charge in [-0.25, -0.2) is 0 Å². The third kappa shape index (κ3) is 23.1. The number of amides is 1. The number of quaternary nitrogens is 1. The van der Waals surface area contributed by atoms with Crippen LogP contribution in [0.15, 0.2) is 0 Å². The van der Waals surface area contributed by atoms with Crippen molar-refractivity contribution in [2.24, 2.45) is 5.92 Å². The number of carbonyl (C=O) groups is 1. The molecule has 1 fully saturated rings. The van der Waals surface area contributed by atoms with Crippen molar-refractivity contribution in [3.05, 3.63) is 0 Å². The molecule has 8 heteroatoms. The van der Waals surface area contributed by atoms with Crippen LogP contribution < -0.4 is 5.32 Å². The van der Waals surface area contributed by atoms with E-state index in [2.05, 4.69) is 34.8 Å². The third-order valence-electron chi connectivity index (χ3n) is 6.48. The second-order valence-electron chi connectivity index (χ2n) is 10.7. The van der Waals surface area contributed by atoms with Crippen molar-refractivity contribution in [3.8, 4) is 0 Å². The van der Waals surface area contributed by atoms with Crippen molar-refractivity contribution in [2.75, 3.05) is 48.5 Å². The number of unbranched alkanes of at least 4 members (excludes halogenated alkanes) is 9. The van der Waals surface area contributed by atoms with Crippen LogP contribution in [-0.4, -0.2) is 67.3 Å². The van der Waals surface area contributed by atoms with Crippen molar-refractivity contribution in [2.45, 2.75) is 109 Å². The molecule has 1 rings (SSSR count). The van der Waals surface area contributed by atoms with E-state index in [0.29, 0.717) is 6.42 Å². The first-order valence-corrected chi connectivity index (χ1v) is 14.9. The topological polar surface area (TPSA) is 81.7 Å². The average Bonchev–Trinajstić information content (AvgIpc) is 3.31. The zero-order valence-corrected chi connectivity index (χ0v) is 23.7. The lowest BCUT2D eigenvalue weighted by molar-refractivity contribution is -0.870. The van der Waals surface area contributed by atoms with Gasteiger partial charge in [0.05, 0.1) is 41.9 Å². The standard InChI is InChI=1S/C24H48N2O.C2H6O4S/c1-26(2,3)22-16-21-25-24(27)20-13-11-9-7-5-4-6-8-10-12-17-23-18-14-15-19-23;1-5-7(3,4)6-2/h23H,4-22H2,1-3H3;1-2H3/p+1. The molecule has 0 atom stereocenters. The van der Waals surface area contributed by atoms with Gasteiger partial charge in [0.25, 0.3) is 0 Å². The number of carbonyl (C=O) groups excluding carboxylic acids is 1. The van der Waals surface area contributed by atoms with Gasteiger partial charge < -0.3 is 9.80 Å². The van der Waals surface area contributed by atoms with E-state index < -0.39 is 10.4 Å². The quantitative estimate of drug-likeness (QED) is 0.182. The molecule has 0 bridgehead atoms. The number of hydrogen-bond donors (Lipinski definition) is 1. The molecular formula is C26H55N2O5S+. The highest BCUT2D eigenvalue weighted by Gasteiger charge is 2.13. The van der Waals surface area contributed by atoms with E-state index in [1.807, 2.05) is 0 Å². The smallest absolute Gasteiger partial charge is 0.356 e. The summed E-state index contributed by atoms with van der Waals surface area (Å²) in [5, 5.41) is 3.06. The summed E-state index contributed by atoms with van der Waals surface area (Å²) in [6.45, 7) is 1.94. The highest BCUT2D eigenvalue weighted by Crippen LogP contribution is 2.29. The molecule has 0 aliphatic heterocycles. The number of nitrogens with one attached hydrogen (secondary N) is 1. The minimum absolute atomic E-state index is 0.244. The summed E-state index contributed by atoms with van der Waals surface area (Å²) in [7, 11) is 4.98. The van der Waals surface area contributed by atoms with Crippen LogP contribution in [0.25, 0.3) is 0 Å². The highest BCUT2D eigenvalue weighted by atomic mass is 32.3. The van der Waals surface area contributed by atoms with Crippen LogP contribution in [0.2, 0.25) is 0 Å². The van der Waals surface area contributed by atoms with Gasteiger partial charge in [-0.1, -0.05) is 89.9 Å². The zero-order valence-electron chi connectivity index (χ0n) is 22.9. The van der Waals surface area contributed by atoms with Crippen LogP contribution in [0, 0.1) is 5.92 Å². The monoisotopic (exact) mass is 507 g/mol. The Labute approximate surface area is 211 Å². The molecule has 0 heterocycles. The Morgan fingerprint density at radius 3 is 1.71 bits per heavy atom. The number of hydrogen-bond acceptors (Lipinski definition) is 5. The molecule has 1 N–H and O–H groups in total. The minimum atomic E-state index is -3.66. The molecule has 1 amide bonds. The van der Waals surface area contributed by atoms with E-state index in [1.54, 1.807) is 0 Å². The van der Waals surface area contributed by atoms with E-state index in [9.17, 15) is 13.2 Å². The third-order valence-corrected chi connectivity index (χ3v) is 7.29. The molecule has 0 saturated heterocycles. The summed E-state index contributed by atoms with van der Waals surface area (Å²) in [6, 6.07) is 0. The van der Waals surface area contributed by atoms with Crippen LogP contribution in [0.1, 0.15) is 109 Å². The van der Waals surface area contributed by atoms with Crippen LogP contribution in [0.5, 0.6) is 0 Å². The van der Waals surface area contributed by atoms with Gasteiger partial charge in [-0.05, 0) is 12.3 Å². The van der Waals surface area contributed by atoms with E-state index in [0.717, 1.165) is 50.6 Å². The minimum Gasteiger partial charge on any atom is -0.356 e. The van der Waals surface area contributed by atoms with E-state index in [1.165, 1.54) is 89.9 Å². The molecular weight excluding hydrogens is 452 g/mol. The molecule has 34 heavy (non-hydrogen) atoms. The number of rotatable bonds is 19. The van der Waals surface area contributed by atoms with Crippen molar-refractivity contribution in [1.82, 2.24) is 5.32 Å². The Balaban J connectivity index is 0.00000135. The van der Waals surface area contributed by atoms with Gasteiger partial charge in [-0.15, -0.1) is 0 Å². The van der Waals surface area contributed by atoms with Crippen LogP contribution in [0.3, 0.4) is 0 Å². The zero-order chi connectivity index (χ0) is 25.7. The Morgan fingerprint density at radius 2 is 1.26 bits per heavy atom. The first-order valence-electron chi connectivity index (χ1n) is 13.5. The predicted octanol–water partition coefficient (Wildman–Crippen LogP) is 5.59. The van der Waals surface area contributed by atoms with Crippen molar-refractivity contribution in [1.29, 1.82) is 0 Å². The second kappa shape index (κ2) is 20.5. The van der Waals surface area contributed by atoms with Gasteiger partial charge in [0.2, 0.25) is 5.91 Å². The molecule has 1 aliphatic carbocycles. The molecule has 0 unspecified atom stereocenters. The lowest BCUT2D eigenvalue weighted by Gasteiger charge is -2.23. The summed E-state index contributed by atoms with van der Waals surface area (Å²) in [6.07, 6.45) is 22.8. The first-order chi connectivity index (χ1) is 16.1. The Bertz CT molecular complexity index is 574. The van der Waals surface area contributed by atoms with Crippen molar-refractivity contribution in [3.63, 3.8) is 0 Å². The maximum Gasteiger partial charge on any atom is 0.399 e. The van der Waals surface area contributed by atoms with Gasteiger partial charge in [0.1, 0.15) is 0 Å². The van der Waals surface area contributed by atoms with E-state index >= 15 is 0 Å². The van der Waals surface area contributed by atoms with Crippen molar-refractivity contribution >= 4 is 16.3 Å². The summed E-state index contributed by atoms with van der Waals surface area (Å²) in [5.41, 5.74) is 0. The van der Waals surface area contributed by atoms with Crippen molar-refractivity contribution < 1.29 is 26.1 Å². The molecule has 7 nitrogen and oxygen atoms in total. The molecule has 0 aromatic heterocycles. The maximum absolute atomic E-state index is 11.8. The predicted molar refractivity (Wildman–Crippen MR) is 141 cm³/mol. The molecule has 0 aromatic carbocycles. The average molecular weight is 508 g/mol. The molecule has 0 radical (unpaired) electrons. The fourth-order valence-corrected chi connectivity index (χ4v) is 4.51. The summed E-state index contributed by atoms with van der Waals surface area (Å²) in [4.78, 5) is 11.8.